The Balaban J connectivity index is 2.70. The molecule has 13 heavy (non-hydrogen) atoms. The van der Waals surface area contributed by atoms with Crippen LogP contribution in [0.1, 0.15) is 17.5 Å². The first-order valence-corrected chi connectivity index (χ1v) is 4.67. The lowest BCUT2D eigenvalue weighted by Crippen LogP contribution is -2.09. The third-order valence-electron chi connectivity index (χ3n) is 2.26. The Kier molecular flexibility index (Phi) is 1.91. The van der Waals surface area contributed by atoms with Crippen molar-refractivity contribution in [2.45, 2.75) is 18.8 Å². The quantitative estimate of drug-likeness (QED) is 0.660. The average Bonchev–Trinajstić information content (AvgIpc) is 2.36. The van der Waals surface area contributed by atoms with Gasteiger partial charge in [-0.25, -0.2) is 13.2 Å². The maximum absolute atomic E-state index is 13.1. The Hall–Kier alpha value is -0.510. The molecule has 0 heterocycles. The fraction of sp³-hybridized carbons (Fsp3) is 0.333. The van der Waals surface area contributed by atoms with Crippen molar-refractivity contribution in [2.75, 3.05) is 0 Å². The summed E-state index contributed by atoms with van der Waals surface area (Å²) in [6.45, 7) is 0. The van der Waals surface area contributed by atoms with Gasteiger partial charge in [-0.15, -0.1) is 0 Å². The molecule has 1 aliphatic rings. The lowest BCUT2D eigenvalue weighted by molar-refractivity contribution is -0.00499. The molecule has 0 unspecified atom stereocenters. The van der Waals surface area contributed by atoms with Crippen molar-refractivity contribution in [3.63, 3.8) is 0 Å². The summed E-state index contributed by atoms with van der Waals surface area (Å²) in [5.41, 5.74) is -0.0214. The Morgan fingerprint density at radius 2 is 2.00 bits per heavy atom. The molecule has 0 aromatic heterocycles. The standard InChI is InChI=1S/C9H6BrF3/c10-6-1-2-7(11)8-5(6)3-4-9(8,12)13/h1-2H,3-4H2. The minimum absolute atomic E-state index is 0.237. The SMILES string of the molecule is Fc1ccc(Br)c2c1C(F)(F)CC2. The van der Waals surface area contributed by atoms with Gasteiger partial charge in [0.1, 0.15) is 5.82 Å². The summed E-state index contributed by atoms with van der Waals surface area (Å²) >= 11 is 3.13. The van der Waals surface area contributed by atoms with Gasteiger partial charge in [0.05, 0.1) is 5.56 Å². The van der Waals surface area contributed by atoms with E-state index in [9.17, 15) is 13.2 Å². The monoisotopic (exact) mass is 250 g/mol. The molecule has 0 saturated carbocycles. The van der Waals surface area contributed by atoms with Gasteiger partial charge in [-0.05, 0) is 24.1 Å². The van der Waals surface area contributed by atoms with Crippen LogP contribution in [0.15, 0.2) is 16.6 Å². The van der Waals surface area contributed by atoms with E-state index in [-0.39, 0.29) is 12.8 Å². The number of hydrogen-bond donors (Lipinski definition) is 0. The van der Waals surface area contributed by atoms with Gasteiger partial charge < -0.3 is 0 Å². The van der Waals surface area contributed by atoms with Crippen LogP contribution in [0.25, 0.3) is 0 Å². The van der Waals surface area contributed by atoms with Crippen molar-refractivity contribution in [1.29, 1.82) is 0 Å². The molecule has 0 saturated heterocycles. The fourth-order valence-electron chi connectivity index (χ4n) is 1.64. The van der Waals surface area contributed by atoms with Gasteiger partial charge in [0.25, 0.3) is 5.92 Å². The maximum Gasteiger partial charge on any atom is 0.276 e. The third kappa shape index (κ3) is 1.27. The topological polar surface area (TPSA) is 0 Å². The number of alkyl halides is 2. The second-order valence-corrected chi connectivity index (χ2v) is 3.94. The van der Waals surface area contributed by atoms with Crippen LogP contribution in [0.4, 0.5) is 13.2 Å². The van der Waals surface area contributed by atoms with Crippen LogP contribution in [-0.4, -0.2) is 0 Å². The summed E-state index contributed by atoms with van der Waals surface area (Å²) < 4.78 is 39.9. The first kappa shape index (κ1) is 9.06. The number of benzene rings is 1. The highest BCUT2D eigenvalue weighted by atomic mass is 79.9. The Morgan fingerprint density at radius 1 is 1.31 bits per heavy atom. The summed E-state index contributed by atoms with van der Waals surface area (Å²) in [6, 6.07) is 2.54. The summed E-state index contributed by atoms with van der Waals surface area (Å²) in [7, 11) is 0. The predicted molar refractivity (Wildman–Crippen MR) is 46.3 cm³/mol. The van der Waals surface area contributed by atoms with Crippen molar-refractivity contribution < 1.29 is 13.2 Å². The number of hydrogen-bond acceptors (Lipinski definition) is 0. The van der Waals surface area contributed by atoms with Crippen molar-refractivity contribution in [1.82, 2.24) is 0 Å². The van der Waals surface area contributed by atoms with Crippen LogP contribution < -0.4 is 0 Å². The lowest BCUT2D eigenvalue weighted by atomic mass is 10.1. The molecule has 1 aliphatic carbocycles. The van der Waals surface area contributed by atoms with E-state index in [1.165, 1.54) is 6.07 Å². The van der Waals surface area contributed by atoms with E-state index in [0.717, 1.165) is 6.07 Å². The predicted octanol–water partition coefficient (Wildman–Crippen LogP) is 3.63. The highest BCUT2D eigenvalue weighted by molar-refractivity contribution is 9.10. The van der Waals surface area contributed by atoms with E-state index in [4.69, 9.17) is 0 Å². The summed E-state index contributed by atoms with van der Waals surface area (Å²) in [4.78, 5) is 0. The summed E-state index contributed by atoms with van der Waals surface area (Å²) in [5.74, 6) is -3.80. The van der Waals surface area contributed by atoms with Crippen LogP contribution in [0.3, 0.4) is 0 Å². The molecular formula is C9H6BrF3. The second-order valence-electron chi connectivity index (χ2n) is 3.09. The lowest BCUT2D eigenvalue weighted by Gasteiger charge is -2.10. The zero-order valence-electron chi connectivity index (χ0n) is 6.58. The zero-order chi connectivity index (χ0) is 9.64. The van der Waals surface area contributed by atoms with Gasteiger partial charge in [0, 0.05) is 10.9 Å². The van der Waals surface area contributed by atoms with Crippen molar-refractivity contribution in [3.05, 3.63) is 33.5 Å². The van der Waals surface area contributed by atoms with Crippen LogP contribution in [-0.2, 0) is 12.3 Å². The first-order chi connectivity index (χ1) is 6.02. The Bertz CT molecular complexity index is 360. The zero-order valence-corrected chi connectivity index (χ0v) is 8.17. The molecule has 0 atom stereocenters. The molecule has 0 N–H and O–H groups in total. The fourth-order valence-corrected chi connectivity index (χ4v) is 2.17. The number of fused-ring (bicyclic) bond motifs is 1. The van der Waals surface area contributed by atoms with E-state index < -0.39 is 17.3 Å². The maximum atomic E-state index is 13.1. The van der Waals surface area contributed by atoms with Crippen LogP contribution in [0.2, 0.25) is 0 Å². The van der Waals surface area contributed by atoms with Crippen molar-refractivity contribution in [3.8, 4) is 0 Å². The molecule has 0 aliphatic heterocycles. The summed E-state index contributed by atoms with van der Waals surface area (Å²) in [6.07, 6.45) is -0.0530. The van der Waals surface area contributed by atoms with Gasteiger partial charge in [0.2, 0.25) is 0 Å². The number of halogens is 4. The van der Waals surface area contributed by atoms with Gasteiger partial charge in [-0.3, -0.25) is 0 Å². The highest BCUT2D eigenvalue weighted by Crippen LogP contribution is 2.45. The van der Waals surface area contributed by atoms with Gasteiger partial charge in [0.15, 0.2) is 0 Å². The van der Waals surface area contributed by atoms with Gasteiger partial charge >= 0.3 is 0 Å². The summed E-state index contributed by atoms with van der Waals surface area (Å²) in [5, 5.41) is 0. The first-order valence-electron chi connectivity index (χ1n) is 3.87. The Labute approximate surface area is 81.9 Å². The smallest absolute Gasteiger partial charge is 0.206 e. The highest BCUT2D eigenvalue weighted by Gasteiger charge is 2.42. The van der Waals surface area contributed by atoms with Crippen LogP contribution in [0.5, 0.6) is 0 Å². The molecule has 4 heteroatoms. The molecule has 0 spiro atoms. The molecule has 2 rings (SSSR count). The van der Waals surface area contributed by atoms with E-state index >= 15 is 0 Å². The molecular weight excluding hydrogens is 245 g/mol. The van der Waals surface area contributed by atoms with Gasteiger partial charge in [-0.2, -0.15) is 0 Å². The Morgan fingerprint density at radius 3 is 2.62 bits per heavy atom. The number of rotatable bonds is 0. The van der Waals surface area contributed by atoms with Crippen molar-refractivity contribution >= 4 is 15.9 Å². The third-order valence-corrected chi connectivity index (χ3v) is 3.00. The van der Waals surface area contributed by atoms with E-state index in [1.54, 1.807) is 0 Å². The normalized spacial score (nSPS) is 18.8. The van der Waals surface area contributed by atoms with E-state index in [1.807, 2.05) is 0 Å². The van der Waals surface area contributed by atoms with Crippen molar-refractivity contribution in [2.24, 2.45) is 0 Å². The van der Waals surface area contributed by atoms with Crippen LogP contribution >= 0.6 is 15.9 Å². The molecule has 0 radical (unpaired) electrons. The molecule has 0 bridgehead atoms. The van der Waals surface area contributed by atoms with E-state index in [2.05, 4.69) is 15.9 Å². The van der Waals surface area contributed by atoms with Gasteiger partial charge in [-0.1, -0.05) is 15.9 Å². The second kappa shape index (κ2) is 2.74. The molecule has 70 valence electrons. The van der Waals surface area contributed by atoms with E-state index in [0.29, 0.717) is 10.0 Å². The molecule has 0 nitrogen and oxygen atoms in total. The minimum atomic E-state index is -3.00. The average molecular weight is 251 g/mol. The molecule has 0 amide bonds. The minimum Gasteiger partial charge on any atom is -0.206 e. The van der Waals surface area contributed by atoms with Crippen LogP contribution in [0, 0.1) is 5.82 Å². The molecule has 1 aromatic carbocycles. The molecule has 1 aromatic rings. The molecule has 0 fully saturated rings. The largest absolute Gasteiger partial charge is 0.276 e.